The van der Waals surface area contributed by atoms with Gasteiger partial charge < -0.3 is 20.9 Å². The summed E-state index contributed by atoms with van der Waals surface area (Å²) in [7, 11) is 1.52. The lowest BCUT2D eigenvalue weighted by Gasteiger charge is -2.15. The molecule has 4 N–H and O–H groups in total. The van der Waals surface area contributed by atoms with Crippen LogP contribution in [0.25, 0.3) is 0 Å². The summed E-state index contributed by atoms with van der Waals surface area (Å²) in [6.07, 6.45) is 1.88. The van der Waals surface area contributed by atoms with E-state index in [1.54, 1.807) is 6.07 Å². The van der Waals surface area contributed by atoms with E-state index >= 15 is 0 Å². The minimum Gasteiger partial charge on any atom is -0.481 e. The van der Waals surface area contributed by atoms with E-state index in [0.717, 1.165) is 12.8 Å². The molecule has 0 unspecified atom stereocenters. The quantitative estimate of drug-likeness (QED) is 0.648. The molecule has 1 fully saturated rings. The number of nitrogen functional groups attached to an aromatic ring is 1. The Morgan fingerprint density at radius 2 is 2.33 bits per heavy atom. The third-order valence-corrected chi connectivity index (χ3v) is 2.48. The molecule has 0 saturated heterocycles. The number of nitrogens with two attached hydrogens (primary N) is 1. The lowest BCUT2D eigenvalue weighted by molar-refractivity contribution is 0.266. The number of anilines is 2. The molecule has 6 nitrogen and oxygen atoms in total. The van der Waals surface area contributed by atoms with E-state index < -0.39 is 0 Å². The summed E-state index contributed by atoms with van der Waals surface area (Å²) in [5.74, 6) is 1.16. The molecule has 1 aliphatic rings. The number of nitrogens with one attached hydrogen (secondary N) is 1. The van der Waals surface area contributed by atoms with Gasteiger partial charge in [-0.3, -0.25) is 0 Å². The van der Waals surface area contributed by atoms with E-state index in [9.17, 15) is 0 Å². The fraction of sp³-hybridized carbons (Fsp3) is 0.556. The minimum absolute atomic E-state index is 0.0965. The molecule has 82 valence electrons. The van der Waals surface area contributed by atoms with Crippen LogP contribution in [0, 0.1) is 0 Å². The number of hydrogen-bond donors (Lipinski definition) is 3. The first-order valence-corrected chi connectivity index (χ1v) is 4.75. The van der Waals surface area contributed by atoms with Crippen LogP contribution in [0.2, 0.25) is 0 Å². The first-order valence-electron chi connectivity index (χ1n) is 4.75. The predicted octanol–water partition coefficient (Wildman–Crippen LogP) is 0.00420. The molecule has 0 amide bonds. The van der Waals surface area contributed by atoms with E-state index in [0.29, 0.717) is 11.7 Å². The minimum atomic E-state index is -0.216. The van der Waals surface area contributed by atoms with Crippen molar-refractivity contribution in [2.45, 2.75) is 18.4 Å². The summed E-state index contributed by atoms with van der Waals surface area (Å²) in [5.41, 5.74) is 5.29. The van der Waals surface area contributed by atoms with Gasteiger partial charge in [-0.1, -0.05) is 0 Å². The van der Waals surface area contributed by atoms with E-state index in [-0.39, 0.29) is 18.1 Å². The Hall–Kier alpha value is -1.56. The second-order valence-corrected chi connectivity index (χ2v) is 3.72. The first-order chi connectivity index (χ1) is 7.17. The van der Waals surface area contributed by atoms with Crippen molar-refractivity contribution in [3.63, 3.8) is 0 Å². The number of aliphatic hydroxyl groups excluding tert-OH is 1. The fourth-order valence-corrected chi connectivity index (χ4v) is 1.36. The zero-order chi connectivity index (χ0) is 10.9. The van der Waals surface area contributed by atoms with Gasteiger partial charge in [0.2, 0.25) is 11.8 Å². The van der Waals surface area contributed by atoms with Crippen LogP contribution in [0.15, 0.2) is 6.07 Å². The van der Waals surface area contributed by atoms with Crippen molar-refractivity contribution in [2.75, 3.05) is 24.8 Å². The molecule has 1 heterocycles. The van der Waals surface area contributed by atoms with Gasteiger partial charge in [-0.25, -0.2) is 0 Å². The van der Waals surface area contributed by atoms with Gasteiger partial charge in [-0.2, -0.15) is 9.97 Å². The van der Waals surface area contributed by atoms with Gasteiger partial charge in [0.05, 0.1) is 19.3 Å². The third kappa shape index (κ3) is 2.10. The van der Waals surface area contributed by atoms with Crippen molar-refractivity contribution in [3.8, 4) is 5.88 Å². The molecule has 0 bridgehead atoms. The maximum atomic E-state index is 9.15. The van der Waals surface area contributed by atoms with Crippen LogP contribution in [0.4, 0.5) is 11.8 Å². The number of rotatable bonds is 4. The van der Waals surface area contributed by atoms with Gasteiger partial charge in [-0.15, -0.1) is 0 Å². The molecule has 0 atom stereocenters. The molecule has 2 rings (SSSR count). The van der Waals surface area contributed by atoms with Crippen LogP contribution in [-0.4, -0.2) is 34.3 Å². The summed E-state index contributed by atoms with van der Waals surface area (Å²) in [6.45, 7) is 0.0965. The Balaban J connectivity index is 2.17. The lowest BCUT2D eigenvalue weighted by atomic mass is 10.3. The predicted molar refractivity (Wildman–Crippen MR) is 55.7 cm³/mol. The van der Waals surface area contributed by atoms with Crippen LogP contribution in [0.3, 0.4) is 0 Å². The fourth-order valence-electron chi connectivity index (χ4n) is 1.36. The number of ether oxygens (including phenoxy) is 1. The molecule has 6 heteroatoms. The normalized spacial score (nSPS) is 17.2. The van der Waals surface area contributed by atoms with Gasteiger partial charge in [-0.05, 0) is 12.8 Å². The Bertz CT molecular complexity index is 365. The SMILES string of the molecule is COc1cc(NC2(CO)CC2)nc(N)n1. The summed E-state index contributed by atoms with van der Waals surface area (Å²) >= 11 is 0. The monoisotopic (exact) mass is 210 g/mol. The highest BCUT2D eigenvalue weighted by molar-refractivity contribution is 5.46. The molecule has 1 aliphatic carbocycles. The van der Waals surface area contributed by atoms with E-state index in [4.69, 9.17) is 15.6 Å². The largest absolute Gasteiger partial charge is 0.481 e. The number of nitrogens with zero attached hydrogens (tertiary/aromatic N) is 2. The number of hydrogen-bond acceptors (Lipinski definition) is 6. The van der Waals surface area contributed by atoms with Crippen LogP contribution in [-0.2, 0) is 0 Å². The molecule has 15 heavy (non-hydrogen) atoms. The molecule has 1 aromatic heterocycles. The van der Waals surface area contributed by atoms with Gasteiger partial charge in [0.1, 0.15) is 5.82 Å². The molecule has 1 saturated carbocycles. The van der Waals surface area contributed by atoms with E-state index in [1.807, 2.05) is 0 Å². The van der Waals surface area contributed by atoms with Crippen LogP contribution in [0.1, 0.15) is 12.8 Å². The smallest absolute Gasteiger partial charge is 0.225 e. The number of aliphatic hydroxyl groups is 1. The Kier molecular flexibility index (Phi) is 2.36. The van der Waals surface area contributed by atoms with Crippen LogP contribution in [0.5, 0.6) is 5.88 Å². The zero-order valence-electron chi connectivity index (χ0n) is 8.53. The second-order valence-electron chi connectivity index (χ2n) is 3.72. The van der Waals surface area contributed by atoms with Crippen molar-refractivity contribution < 1.29 is 9.84 Å². The summed E-state index contributed by atoms with van der Waals surface area (Å²) in [4.78, 5) is 7.89. The second kappa shape index (κ2) is 3.54. The Morgan fingerprint density at radius 3 is 2.87 bits per heavy atom. The van der Waals surface area contributed by atoms with Crippen LogP contribution < -0.4 is 15.8 Å². The molecule has 1 aromatic rings. The molecule has 0 spiro atoms. The molecular formula is C9H14N4O2. The summed E-state index contributed by atoms with van der Waals surface area (Å²) in [6, 6.07) is 1.66. The molecule has 0 radical (unpaired) electrons. The van der Waals surface area contributed by atoms with E-state index in [2.05, 4.69) is 15.3 Å². The highest BCUT2D eigenvalue weighted by Crippen LogP contribution is 2.38. The van der Waals surface area contributed by atoms with Crippen LogP contribution >= 0.6 is 0 Å². The van der Waals surface area contributed by atoms with Crippen molar-refractivity contribution in [1.29, 1.82) is 0 Å². The number of methoxy groups -OCH3 is 1. The standard InChI is InChI=1S/C9H14N4O2/c1-15-7-4-6(11-8(10)12-7)13-9(5-14)2-3-9/h4,14H,2-3,5H2,1H3,(H3,10,11,12,13). The molecular weight excluding hydrogens is 196 g/mol. The number of aromatic nitrogens is 2. The average Bonchev–Trinajstić information content (AvgIpc) is 2.97. The third-order valence-electron chi connectivity index (χ3n) is 2.48. The highest BCUT2D eigenvalue weighted by Gasteiger charge is 2.42. The highest BCUT2D eigenvalue weighted by atomic mass is 16.5. The molecule has 0 aliphatic heterocycles. The van der Waals surface area contributed by atoms with Crippen molar-refractivity contribution in [2.24, 2.45) is 0 Å². The van der Waals surface area contributed by atoms with Gasteiger partial charge in [0.15, 0.2) is 0 Å². The zero-order valence-corrected chi connectivity index (χ0v) is 8.53. The topological polar surface area (TPSA) is 93.3 Å². The van der Waals surface area contributed by atoms with Gasteiger partial charge >= 0.3 is 0 Å². The summed E-state index contributed by atoms with van der Waals surface area (Å²) < 4.78 is 4.97. The van der Waals surface area contributed by atoms with Gasteiger partial charge in [0, 0.05) is 6.07 Å². The van der Waals surface area contributed by atoms with E-state index in [1.165, 1.54) is 7.11 Å². The Morgan fingerprint density at radius 1 is 1.60 bits per heavy atom. The van der Waals surface area contributed by atoms with Crippen molar-refractivity contribution in [1.82, 2.24) is 9.97 Å². The maximum Gasteiger partial charge on any atom is 0.225 e. The average molecular weight is 210 g/mol. The maximum absolute atomic E-state index is 9.15. The van der Waals surface area contributed by atoms with Crippen molar-refractivity contribution >= 4 is 11.8 Å². The lowest BCUT2D eigenvalue weighted by Crippen LogP contribution is -2.26. The Labute approximate surface area is 87.5 Å². The van der Waals surface area contributed by atoms with Gasteiger partial charge in [0.25, 0.3) is 0 Å². The van der Waals surface area contributed by atoms with Crippen molar-refractivity contribution in [3.05, 3.63) is 6.07 Å². The summed E-state index contributed by atoms with van der Waals surface area (Å²) in [5, 5.41) is 12.3. The molecule has 0 aromatic carbocycles. The first kappa shape index (κ1) is 9.97.